The topological polar surface area (TPSA) is 88.1 Å². The summed E-state index contributed by atoms with van der Waals surface area (Å²) in [6, 6.07) is 13.3. The van der Waals surface area contributed by atoms with Crippen molar-refractivity contribution in [3.8, 4) is 5.75 Å². The van der Waals surface area contributed by atoms with E-state index in [4.69, 9.17) is 4.74 Å². The number of aromatic nitrogens is 3. The Morgan fingerprint density at radius 1 is 1.24 bits per heavy atom. The number of aryl methyl sites for hydroxylation is 1. The number of hydrogen-bond acceptors (Lipinski definition) is 5. The molecule has 29 heavy (non-hydrogen) atoms. The van der Waals surface area contributed by atoms with Gasteiger partial charge >= 0.3 is 5.97 Å². The number of benzene rings is 2. The molecule has 8 heteroatoms. The number of carboxylic acids is 1. The molecule has 0 aliphatic rings. The number of nitrogens with one attached hydrogen (secondary N) is 1. The number of ether oxygens (including phenoxy) is 1. The Bertz CT molecular complexity index is 1000. The van der Waals surface area contributed by atoms with Gasteiger partial charge in [-0.1, -0.05) is 37.3 Å². The number of nitrogens with zero attached hydrogens (tertiary/aromatic N) is 2. The number of H-pyrrole nitrogens is 1. The molecule has 0 radical (unpaired) electrons. The summed E-state index contributed by atoms with van der Waals surface area (Å²) in [6.45, 7) is 2.14. The highest BCUT2D eigenvalue weighted by Crippen LogP contribution is 2.26. The van der Waals surface area contributed by atoms with Gasteiger partial charge in [0.1, 0.15) is 28.9 Å². The van der Waals surface area contributed by atoms with Crippen LogP contribution in [-0.4, -0.2) is 26.3 Å². The zero-order valence-corrected chi connectivity index (χ0v) is 16.6. The van der Waals surface area contributed by atoms with Crippen LogP contribution in [-0.2, 0) is 17.8 Å². The Kier molecular flexibility index (Phi) is 7.02. The standard InChI is InChI=1S/C21H20FN3O3S/c1-2-5-19-23-21(25-24-19)29-18(20(26)27)12-14-8-10-16(11-9-14)28-13-15-6-3-4-7-17(15)22/h3-4,6-12H,2,5,13H2,1H3,(H,26,27)(H,23,24,25)/b18-12-. The first-order chi connectivity index (χ1) is 14.0. The molecule has 1 aromatic heterocycles. The molecule has 3 rings (SSSR count). The van der Waals surface area contributed by atoms with Gasteiger partial charge in [-0.15, -0.1) is 5.10 Å². The molecule has 0 amide bonds. The zero-order chi connectivity index (χ0) is 20.6. The number of aliphatic carboxylic acids is 1. The maximum atomic E-state index is 13.6. The normalized spacial score (nSPS) is 11.4. The van der Waals surface area contributed by atoms with Crippen molar-refractivity contribution in [2.45, 2.75) is 31.5 Å². The van der Waals surface area contributed by atoms with Gasteiger partial charge in [-0.3, -0.25) is 5.10 Å². The van der Waals surface area contributed by atoms with Crippen molar-refractivity contribution in [3.63, 3.8) is 0 Å². The molecule has 2 N–H and O–H groups in total. The highest BCUT2D eigenvalue weighted by Gasteiger charge is 2.13. The fraction of sp³-hybridized carbons (Fsp3) is 0.190. The first-order valence-electron chi connectivity index (χ1n) is 9.05. The third-order valence-corrected chi connectivity index (χ3v) is 4.82. The lowest BCUT2D eigenvalue weighted by molar-refractivity contribution is -0.131. The Balaban J connectivity index is 1.66. The molecule has 0 unspecified atom stereocenters. The van der Waals surface area contributed by atoms with E-state index in [-0.39, 0.29) is 17.3 Å². The molecule has 2 aromatic carbocycles. The van der Waals surface area contributed by atoms with E-state index in [1.807, 2.05) is 6.92 Å². The number of rotatable bonds is 9. The second kappa shape index (κ2) is 9.88. The maximum absolute atomic E-state index is 13.6. The molecule has 3 aromatic rings. The summed E-state index contributed by atoms with van der Waals surface area (Å²) >= 11 is 0.987. The first kappa shape index (κ1) is 20.6. The number of carboxylic acid groups (broad SMARTS) is 1. The van der Waals surface area contributed by atoms with E-state index in [1.165, 1.54) is 6.07 Å². The van der Waals surface area contributed by atoms with Crippen LogP contribution >= 0.6 is 11.8 Å². The van der Waals surface area contributed by atoms with Crippen LogP contribution in [0.25, 0.3) is 6.08 Å². The lowest BCUT2D eigenvalue weighted by Gasteiger charge is -2.07. The quantitative estimate of drug-likeness (QED) is 0.391. The fourth-order valence-corrected chi connectivity index (χ4v) is 3.22. The van der Waals surface area contributed by atoms with E-state index >= 15 is 0 Å². The van der Waals surface area contributed by atoms with Gasteiger partial charge in [0.2, 0.25) is 5.16 Å². The minimum Gasteiger partial charge on any atom is -0.489 e. The molecule has 0 atom stereocenters. The molecular weight excluding hydrogens is 393 g/mol. The largest absolute Gasteiger partial charge is 0.489 e. The van der Waals surface area contributed by atoms with Crippen LogP contribution in [0.3, 0.4) is 0 Å². The highest BCUT2D eigenvalue weighted by molar-refractivity contribution is 8.04. The van der Waals surface area contributed by atoms with Crippen molar-refractivity contribution in [1.82, 2.24) is 15.2 Å². The van der Waals surface area contributed by atoms with Crippen LogP contribution in [0, 0.1) is 5.82 Å². The Morgan fingerprint density at radius 3 is 2.69 bits per heavy atom. The second-order valence-corrected chi connectivity index (χ2v) is 7.19. The maximum Gasteiger partial charge on any atom is 0.342 e. The Hall–Kier alpha value is -3.13. The Labute approximate surface area is 171 Å². The molecule has 0 saturated carbocycles. The van der Waals surface area contributed by atoms with Crippen LogP contribution in [0.5, 0.6) is 5.75 Å². The van der Waals surface area contributed by atoms with E-state index in [9.17, 15) is 14.3 Å². The third kappa shape index (κ3) is 5.92. The summed E-state index contributed by atoms with van der Waals surface area (Å²) in [7, 11) is 0. The number of hydrogen-bond donors (Lipinski definition) is 2. The van der Waals surface area contributed by atoms with Crippen molar-refractivity contribution in [2.24, 2.45) is 0 Å². The van der Waals surface area contributed by atoms with E-state index in [1.54, 1.807) is 48.5 Å². The number of thioether (sulfide) groups is 1. The van der Waals surface area contributed by atoms with Gasteiger partial charge in [-0.05, 0) is 48.0 Å². The Morgan fingerprint density at radius 2 is 2.00 bits per heavy atom. The molecule has 0 bridgehead atoms. The van der Waals surface area contributed by atoms with Crippen molar-refractivity contribution in [1.29, 1.82) is 0 Å². The van der Waals surface area contributed by atoms with Crippen LogP contribution in [0.2, 0.25) is 0 Å². The lowest BCUT2D eigenvalue weighted by atomic mass is 10.2. The number of halogens is 1. The number of carbonyl (C=O) groups is 1. The van der Waals surface area contributed by atoms with Crippen LogP contribution < -0.4 is 4.74 Å². The molecule has 0 aliphatic carbocycles. The zero-order valence-electron chi connectivity index (χ0n) is 15.8. The molecule has 6 nitrogen and oxygen atoms in total. The van der Waals surface area contributed by atoms with Crippen LogP contribution in [0.1, 0.15) is 30.3 Å². The molecule has 0 aliphatic heterocycles. The van der Waals surface area contributed by atoms with E-state index in [0.717, 1.165) is 30.4 Å². The third-order valence-electron chi connectivity index (χ3n) is 3.94. The molecule has 150 valence electrons. The summed E-state index contributed by atoms with van der Waals surface area (Å²) < 4.78 is 19.2. The smallest absolute Gasteiger partial charge is 0.342 e. The average Bonchev–Trinajstić information content (AvgIpc) is 3.15. The SMILES string of the molecule is CCCc1nc(S/C(=C\c2ccc(OCc3ccccc3F)cc2)C(=O)O)n[nH]1. The van der Waals surface area contributed by atoms with Gasteiger partial charge in [0, 0.05) is 12.0 Å². The minimum absolute atomic E-state index is 0.104. The summed E-state index contributed by atoms with van der Waals surface area (Å²) in [6.07, 6.45) is 3.23. The monoisotopic (exact) mass is 413 g/mol. The van der Waals surface area contributed by atoms with E-state index in [0.29, 0.717) is 22.0 Å². The lowest BCUT2D eigenvalue weighted by Crippen LogP contribution is -1.98. The van der Waals surface area contributed by atoms with Crippen LogP contribution in [0.15, 0.2) is 58.6 Å². The predicted molar refractivity (Wildman–Crippen MR) is 109 cm³/mol. The van der Waals surface area contributed by atoms with Gasteiger partial charge in [0.15, 0.2) is 0 Å². The van der Waals surface area contributed by atoms with Gasteiger partial charge in [0.25, 0.3) is 0 Å². The van der Waals surface area contributed by atoms with E-state index in [2.05, 4.69) is 15.2 Å². The molecule has 0 spiro atoms. The molecule has 0 saturated heterocycles. The highest BCUT2D eigenvalue weighted by atomic mass is 32.2. The molecule has 1 heterocycles. The van der Waals surface area contributed by atoms with Crippen molar-refractivity contribution in [3.05, 3.63) is 76.2 Å². The molecule has 0 fully saturated rings. The van der Waals surface area contributed by atoms with Crippen molar-refractivity contribution < 1.29 is 19.0 Å². The van der Waals surface area contributed by atoms with Crippen LogP contribution in [0.4, 0.5) is 4.39 Å². The second-order valence-electron chi connectivity index (χ2n) is 6.18. The van der Waals surface area contributed by atoms with Gasteiger partial charge < -0.3 is 9.84 Å². The van der Waals surface area contributed by atoms with Gasteiger partial charge in [-0.2, -0.15) is 0 Å². The van der Waals surface area contributed by atoms with Crippen molar-refractivity contribution >= 4 is 23.8 Å². The summed E-state index contributed by atoms with van der Waals surface area (Å²) in [5, 5.41) is 16.7. The summed E-state index contributed by atoms with van der Waals surface area (Å²) in [5.74, 6) is -0.0785. The fourth-order valence-electron chi connectivity index (χ4n) is 2.49. The summed E-state index contributed by atoms with van der Waals surface area (Å²) in [5.41, 5.74) is 1.16. The molecular formula is C21H20FN3O3S. The van der Waals surface area contributed by atoms with Gasteiger partial charge in [-0.25, -0.2) is 14.2 Å². The minimum atomic E-state index is -1.06. The van der Waals surface area contributed by atoms with Gasteiger partial charge in [0.05, 0.1) is 0 Å². The van der Waals surface area contributed by atoms with Crippen molar-refractivity contribution in [2.75, 3.05) is 0 Å². The van der Waals surface area contributed by atoms with E-state index < -0.39 is 5.97 Å². The predicted octanol–water partition coefficient (Wildman–Crippen LogP) is 4.69. The summed E-state index contributed by atoms with van der Waals surface area (Å²) in [4.78, 5) is 16.0. The average molecular weight is 413 g/mol. The first-order valence-corrected chi connectivity index (χ1v) is 9.87. The number of aromatic amines is 1.